The fourth-order valence-corrected chi connectivity index (χ4v) is 4.80. The van der Waals surface area contributed by atoms with Gasteiger partial charge in [-0.15, -0.1) is 0 Å². The van der Waals surface area contributed by atoms with Crippen molar-refractivity contribution >= 4 is 40.9 Å². The molecule has 0 atom stereocenters. The van der Waals surface area contributed by atoms with Gasteiger partial charge in [-0.2, -0.15) is 18.3 Å². The van der Waals surface area contributed by atoms with Crippen LogP contribution < -0.4 is 0 Å². The van der Waals surface area contributed by atoms with Gasteiger partial charge in [-0.1, -0.05) is 35.3 Å². The molecule has 1 aromatic carbocycles. The predicted molar refractivity (Wildman–Crippen MR) is 127 cm³/mol. The van der Waals surface area contributed by atoms with E-state index in [1.165, 1.54) is 12.1 Å². The minimum atomic E-state index is -5.15. The van der Waals surface area contributed by atoms with Crippen LogP contribution in [0, 0.1) is 5.82 Å². The van der Waals surface area contributed by atoms with Gasteiger partial charge in [0, 0.05) is 31.8 Å². The number of amides is 1. The summed E-state index contributed by atoms with van der Waals surface area (Å²) in [5.41, 5.74) is -5.11. The van der Waals surface area contributed by atoms with Gasteiger partial charge in [0.1, 0.15) is 5.82 Å². The third-order valence-corrected chi connectivity index (χ3v) is 6.76. The Labute approximate surface area is 226 Å². The van der Waals surface area contributed by atoms with Gasteiger partial charge in [-0.3, -0.25) is 19.3 Å². The highest BCUT2D eigenvalue weighted by molar-refractivity contribution is 6.39. The lowest BCUT2D eigenvalue weighted by Crippen LogP contribution is -2.48. The Kier molecular flexibility index (Phi) is 7.68. The van der Waals surface area contributed by atoms with Crippen LogP contribution in [0.2, 0.25) is 10.0 Å². The molecule has 39 heavy (non-hydrogen) atoms. The number of nitrogens with zero attached hydrogens (tertiary/aromatic N) is 4. The van der Waals surface area contributed by atoms with E-state index in [1.54, 1.807) is 0 Å². The Morgan fingerprint density at radius 2 is 1.67 bits per heavy atom. The molecule has 0 saturated heterocycles. The molecule has 1 amide bonds. The van der Waals surface area contributed by atoms with Crippen LogP contribution in [0.4, 0.5) is 22.0 Å². The largest absolute Gasteiger partial charge is 0.479 e. The summed E-state index contributed by atoms with van der Waals surface area (Å²) < 4.78 is 70.5. The number of hydrogen-bond donors (Lipinski definition) is 1. The molecule has 0 aliphatic heterocycles. The van der Waals surface area contributed by atoms with Crippen molar-refractivity contribution < 1.29 is 41.4 Å². The van der Waals surface area contributed by atoms with E-state index in [1.807, 2.05) is 0 Å². The first kappa shape index (κ1) is 28.4. The lowest BCUT2D eigenvalue weighted by Gasteiger charge is -2.38. The third-order valence-electron chi connectivity index (χ3n) is 6.18. The number of alkyl halides is 4. The Hall–Kier alpha value is -3.58. The smallest absolute Gasteiger partial charge is 0.433 e. The normalized spacial score (nSPS) is 18.9. The van der Waals surface area contributed by atoms with E-state index in [0.29, 0.717) is 10.9 Å². The van der Waals surface area contributed by atoms with Crippen LogP contribution in [-0.4, -0.2) is 54.6 Å². The van der Waals surface area contributed by atoms with Crippen molar-refractivity contribution in [2.75, 3.05) is 6.54 Å². The van der Waals surface area contributed by atoms with E-state index in [2.05, 4.69) is 10.1 Å². The number of aliphatic carboxylic acids is 1. The van der Waals surface area contributed by atoms with E-state index in [-0.39, 0.29) is 21.2 Å². The summed E-state index contributed by atoms with van der Waals surface area (Å²) in [6.07, 6.45) is -3.84. The first-order valence-electron chi connectivity index (χ1n) is 11.1. The van der Waals surface area contributed by atoms with Crippen LogP contribution in [0.3, 0.4) is 0 Å². The topological polar surface area (TPSA) is 105 Å². The maximum absolute atomic E-state index is 14.2. The van der Waals surface area contributed by atoms with Crippen LogP contribution in [-0.2, 0) is 17.5 Å². The molecule has 1 aliphatic carbocycles. The highest BCUT2D eigenvalue weighted by Crippen LogP contribution is 2.47. The van der Waals surface area contributed by atoms with Crippen molar-refractivity contribution in [3.05, 3.63) is 81.1 Å². The van der Waals surface area contributed by atoms with Crippen LogP contribution >= 0.6 is 23.2 Å². The van der Waals surface area contributed by atoms with Gasteiger partial charge in [0.2, 0.25) is 5.67 Å². The SMILES string of the molecule is O=C(CN(Cc1ccc(F)cc1)C(=O)c1cnn([C@H]2C[C@@](F)(C(=O)O)C2)c1C(F)(F)F)c1c(Cl)cncc1Cl. The summed E-state index contributed by atoms with van der Waals surface area (Å²) >= 11 is 12.1. The summed E-state index contributed by atoms with van der Waals surface area (Å²) in [6.45, 7) is -1.19. The number of hydrogen-bond acceptors (Lipinski definition) is 5. The molecule has 0 radical (unpaired) electrons. The number of Topliss-reactive ketones (excluding diaryl/α,β-unsaturated/α-hetero) is 1. The van der Waals surface area contributed by atoms with E-state index >= 15 is 0 Å². The number of aromatic nitrogens is 3. The minimum Gasteiger partial charge on any atom is -0.479 e. The number of rotatable bonds is 8. The van der Waals surface area contributed by atoms with Gasteiger partial charge in [0.05, 0.1) is 40.0 Å². The molecule has 1 fully saturated rings. The van der Waals surface area contributed by atoms with E-state index in [0.717, 1.165) is 29.4 Å². The maximum atomic E-state index is 14.2. The Morgan fingerprint density at radius 3 is 2.21 bits per heavy atom. The van der Waals surface area contributed by atoms with Gasteiger partial charge >= 0.3 is 12.1 Å². The molecule has 3 aromatic rings. The van der Waals surface area contributed by atoms with Crippen molar-refractivity contribution in [1.29, 1.82) is 0 Å². The average Bonchev–Trinajstić information content (AvgIpc) is 3.27. The number of carbonyl (C=O) groups excluding carboxylic acids is 2. The van der Waals surface area contributed by atoms with E-state index < -0.39 is 78.6 Å². The summed E-state index contributed by atoms with van der Waals surface area (Å²) in [6, 6.07) is 3.42. The highest BCUT2D eigenvalue weighted by atomic mass is 35.5. The molecule has 1 aliphatic rings. The molecule has 0 bridgehead atoms. The van der Waals surface area contributed by atoms with Gasteiger partial charge in [-0.05, 0) is 17.7 Å². The molecule has 0 spiro atoms. The van der Waals surface area contributed by atoms with Crippen molar-refractivity contribution in [2.24, 2.45) is 0 Å². The third kappa shape index (κ3) is 5.74. The Balaban J connectivity index is 1.71. The number of carboxylic acid groups (broad SMARTS) is 1. The molecule has 0 unspecified atom stereocenters. The lowest BCUT2D eigenvalue weighted by molar-refractivity contribution is -0.163. The summed E-state index contributed by atoms with van der Waals surface area (Å²) in [5, 5.41) is 12.3. The van der Waals surface area contributed by atoms with E-state index in [4.69, 9.17) is 28.3 Å². The molecule has 2 heterocycles. The molecule has 8 nitrogen and oxygen atoms in total. The summed E-state index contributed by atoms with van der Waals surface area (Å²) in [5.74, 6) is -4.49. The number of halogens is 7. The van der Waals surface area contributed by atoms with Crippen LogP contribution in [0.15, 0.2) is 42.9 Å². The molecule has 1 saturated carbocycles. The molecule has 206 valence electrons. The predicted octanol–water partition coefficient (Wildman–Crippen LogP) is 5.40. The van der Waals surface area contributed by atoms with E-state index in [9.17, 15) is 36.3 Å². The zero-order chi connectivity index (χ0) is 28.7. The second kappa shape index (κ2) is 10.5. The van der Waals surface area contributed by atoms with Gasteiger partial charge in [0.25, 0.3) is 5.91 Å². The Bertz CT molecular complexity index is 1420. The summed E-state index contributed by atoms with van der Waals surface area (Å²) in [4.78, 5) is 42.1. The minimum absolute atomic E-state index is 0.149. The number of pyridine rings is 1. The molecular weight excluding hydrogens is 574 g/mol. The molecular formula is C24H17Cl2F5N4O4. The second-order valence-electron chi connectivity index (χ2n) is 8.87. The highest BCUT2D eigenvalue weighted by Gasteiger charge is 2.55. The Morgan fingerprint density at radius 1 is 1.08 bits per heavy atom. The molecule has 15 heteroatoms. The van der Waals surface area contributed by atoms with Crippen molar-refractivity contribution in [3.63, 3.8) is 0 Å². The number of benzene rings is 1. The zero-order valence-electron chi connectivity index (χ0n) is 19.6. The lowest BCUT2D eigenvalue weighted by atomic mass is 9.77. The first-order valence-corrected chi connectivity index (χ1v) is 11.9. The average molecular weight is 591 g/mol. The number of carbonyl (C=O) groups is 3. The quantitative estimate of drug-likeness (QED) is 0.278. The van der Waals surface area contributed by atoms with Crippen LogP contribution in [0.25, 0.3) is 0 Å². The fraction of sp³-hybridized carbons (Fsp3) is 0.292. The maximum Gasteiger partial charge on any atom is 0.433 e. The fourth-order valence-electron chi connectivity index (χ4n) is 4.22. The number of carboxylic acids is 1. The number of ketones is 1. The van der Waals surface area contributed by atoms with Crippen molar-refractivity contribution in [3.8, 4) is 0 Å². The molecule has 1 N–H and O–H groups in total. The van der Waals surface area contributed by atoms with Crippen molar-refractivity contribution in [2.45, 2.75) is 37.3 Å². The molecule has 2 aromatic heterocycles. The standard InChI is InChI=1S/C24H17Cl2F5N4O4/c25-16-8-32-9-17(26)19(16)18(36)11-34(10-12-1-3-13(27)4-2-12)21(37)15-7-33-35(20(15)24(29,30)31)14-5-23(28,6-14)22(38)39/h1-4,7-9,14H,5-6,10-11H2,(H,38,39)/t14-,23-. The van der Waals surface area contributed by atoms with Crippen LogP contribution in [0.5, 0.6) is 0 Å². The van der Waals surface area contributed by atoms with Crippen molar-refractivity contribution in [1.82, 2.24) is 19.7 Å². The van der Waals surface area contributed by atoms with Crippen LogP contribution in [0.1, 0.15) is 50.9 Å². The molecule has 4 rings (SSSR count). The van der Waals surface area contributed by atoms with Gasteiger partial charge in [-0.25, -0.2) is 13.6 Å². The summed E-state index contributed by atoms with van der Waals surface area (Å²) in [7, 11) is 0. The first-order chi connectivity index (χ1) is 18.2. The monoisotopic (exact) mass is 590 g/mol. The van der Waals surface area contributed by atoms with Gasteiger partial charge < -0.3 is 10.0 Å². The second-order valence-corrected chi connectivity index (χ2v) is 9.69. The zero-order valence-corrected chi connectivity index (χ0v) is 21.1. The van der Waals surface area contributed by atoms with Gasteiger partial charge in [0.15, 0.2) is 11.5 Å².